The number of nitrogens with one attached hydrogen (secondary N) is 2. The molecule has 1 saturated carbocycles. The number of thioether (sulfide) groups is 1. The van der Waals surface area contributed by atoms with Gasteiger partial charge in [-0.3, -0.25) is 9.59 Å². The van der Waals surface area contributed by atoms with Gasteiger partial charge in [-0.25, -0.2) is 9.97 Å². The second kappa shape index (κ2) is 9.33. The van der Waals surface area contributed by atoms with Crippen molar-refractivity contribution in [3.8, 4) is 0 Å². The van der Waals surface area contributed by atoms with Crippen LogP contribution in [0, 0.1) is 0 Å². The number of amides is 2. The maximum Gasteiger partial charge on any atom is 0.251 e. The molecule has 3 rings (SSSR count). The topological polar surface area (TPSA) is 84.0 Å². The molecular formula is C19H22N4O2S. The van der Waals surface area contributed by atoms with E-state index in [4.69, 9.17) is 0 Å². The molecule has 2 aromatic rings. The molecule has 136 valence electrons. The largest absolute Gasteiger partial charge is 0.352 e. The second-order valence-corrected chi connectivity index (χ2v) is 7.51. The van der Waals surface area contributed by atoms with Gasteiger partial charge in [0, 0.05) is 29.2 Å². The van der Waals surface area contributed by atoms with E-state index in [2.05, 4.69) is 20.6 Å². The lowest BCUT2D eigenvalue weighted by Gasteiger charge is -2.28. The number of nitrogens with zero attached hydrogens (tertiary/aromatic N) is 2. The van der Waals surface area contributed by atoms with E-state index >= 15 is 0 Å². The van der Waals surface area contributed by atoms with Crippen molar-refractivity contribution in [3.63, 3.8) is 0 Å². The molecule has 6 nitrogen and oxygen atoms in total. The van der Waals surface area contributed by atoms with E-state index in [1.807, 2.05) is 12.1 Å². The first-order valence-corrected chi connectivity index (χ1v) is 9.65. The Labute approximate surface area is 157 Å². The van der Waals surface area contributed by atoms with Crippen molar-refractivity contribution in [1.82, 2.24) is 20.6 Å². The summed E-state index contributed by atoms with van der Waals surface area (Å²) in [6.07, 6.45) is 7.41. The first-order chi connectivity index (χ1) is 12.7. The number of hydrogen-bond acceptors (Lipinski definition) is 5. The zero-order valence-corrected chi connectivity index (χ0v) is 15.2. The van der Waals surface area contributed by atoms with Gasteiger partial charge in [0.15, 0.2) is 5.16 Å². The molecule has 2 amide bonds. The van der Waals surface area contributed by atoms with Crippen molar-refractivity contribution in [2.45, 2.75) is 42.1 Å². The highest BCUT2D eigenvalue weighted by Crippen LogP contribution is 2.31. The van der Waals surface area contributed by atoms with Crippen LogP contribution in [0.4, 0.5) is 0 Å². The van der Waals surface area contributed by atoms with Crippen LogP contribution in [0.3, 0.4) is 0 Å². The maximum atomic E-state index is 12.1. The van der Waals surface area contributed by atoms with E-state index in [0.717, 1.165) is 30.8 Å². The van der Waals surface area contributed by atoms with Crippen molar-refractivity contribution in [2.24, 2.45) is 0 Å². The molecule has 0 radical (unpaired) electrons. The summed E-state index contributed by atoms with van der Waals surface area (Å²) in [5.74, 6) is -0.375. The van der Waals surface area contributed by atoms with Crippen LogP contribution < -0.4 is 10.6 Å². The Bertz CT molecular complexity index is 719. The molecule has 1 fully saturated rings. The summed E-state index contributed by atoms with van der Waals surface area (Å²) in [7, 11) is 0. The number of aromatic nitrogens is 2. The smallest absolute Gasteiger partial charge is 0.251 e. The molecule has 0 atom stereocenters. The fourth-order valence-electron chi connectivity index (χ4n) is 2.95. The summed E-state index contributed by atoms with van der Waals surface area (Å²) >= 11 is 1.71. The SMILES string of the molecule is O=C(CNC(=O)c1ccccc1)NC1CCC(Sc2ncccn2)CC1. The molecule has 1 heterocycles. The predicted octanol–water partition coefficient (Wildman–Crippen LogP) is 2.43. The highest BCUT2D eigenvalue weighted by atomic mass is 32.2. The number of benzene rings is 1. The number of carbonyl (C=O) groups excluding carboxylic acids is 2. The highest BCUT2D eigenvalue weighted by molar-refractivity contribution is 7.99. The zero-order chi connectivity index (χ0) is 18.2. The van der Waals surface area contributed by atoms with Crippen LogP contribution in [0.5, 0.6) is 0 Å². The van der Waals surface area contributed by atoms with Crippen LogP contribution in [-0.4, -0.2) is 39.6 Å². The lowest BCUT2D eigenvalue weighted by Crippen LogP contribution is -2.43. The van der Waals surface area contributed by atoms with Crippen LogP contribution in [0.1, 0.15) is 36.0 Å². The lowest BCUT2D eigenvalue weighted by atomic mass is 9.95. The van der Waals surface area contributed by atoms with Gasteiger partial charge in [-0.1, -0.05) is 30.0 Å². The van der Waals surface area contributed by atoms with Crippen molar-refractivity contribution in [2.75, 3.05) is 6.54 Å². The van der Waals surface area contributed by atoms with Gasteiger partial charge < -0.3 is 10.6 Å². The third kappa shape index (κ3) is 5.56. The normalized spacial score (nSPS) is 19.5. The fourth-order valence-corrected chi connectivity index (χ4v) is 4.00. The zero-order valence-electron chi connectivity index (χ0n) is 14.4. The van der Waals surface area contributed by atoms with Crippen molar-refractivity contribution in [1.29, 1.82) is 0 Å². The Hall–Kier alpha value is -2.41. The first kappa shape index (κ1) is 18.4. The Kier molecular flexibility index (Phi) is 6.60. The minimum atomic E-state index is -0.233. The standard InChI is InChI=1S/C19H22N4O2S/c24-17(13-22-18(25)14-5-2-1-3-6-14)23-15-7-9-16(10-8-15)26-19-20-11-4-12-21-19/h1-6,11-12,15-16H,7-10,13H2,(H,22,25)(H,23,24). The Morgan fingerprint density at radius 2 is 1.69 bits per heavy atom. The average Bonchev–Trinajstić information content (AvgIpc) is 2.69. The van der Waals surface area contributed by atoms with Gasteiger partial charge >= 0.3 is 0 Å². The summed E-state index contributed by atoms with van der Waals surface area (Å²) in [6.45, 7) is 0.000259. The van der Waals surface area contributed by atoms with Crippen LogP contribution in [0.2, 0.25) is 0 Å². The molecule has 26 heavy (non-hydrogen) atoms. The second-order valence-electron chi connectivity index (χ2n) is 6.24. The van der Waals surface area contributed by atoms with Crippen LogP contribution in [0.15, 0.2) is 53.9 Å². The van der Waals surface area contributed by atoms with Gasteiger partial charge in [-0.15, -0.1) is 0 Å². The van der Waals surface area contributed by atoms with Crippen molar-refractivity contribution < 1.29 is 9.59 Å². The molecule has 7 heteroatoms. The minimum absolute atomic E-state index is 0.000259. The quantitative estimate of drug-likeness (QED) is 0.763. The molecule has 1 aromatic carbocycles. The maximum absolute atomic E-state index is 12.1. The van der Waals surface area contributed by atoms with E-state index in [-0.39, 0.29) is 24.4 Å². The molecule has 0 spiro atoms. The number of rotatable bonds is 6. The van der Waals surface area contributed by atoms with Gasteiger partial charge in [-0.05, 0) is 43.9 Å². The van der Waals surface area contributed by atoms with Crippen LogP contribution in [0.25, 0.3) is 0 Å². The highest BCUT2D eigenvalue weighted by Gasteiger charge is 2.23. The molecule has 0 unspecified atom stereocenters. The van der Waals surface area contributed by atoms with Crippen molar-refractivity contribution in [3.05, 3.63) is 54.4 Å². The molecule has 0 aliphatic heterocycles. The number of hydrogen-bond donors (Lipinski definition) is 2. The van der Waals surface area contributed by atoms with Crippen LogP contribution in [-0.2, 0) is 4.79 Å². The molecular weight excluding hydrogens is 348 g/mol. The van der Waals surface area contributed by atoms with E-state index in [0.29, 0.717) is 10.8 Å². The van der Waals surface area contributed by atoms with Gasteiger partial charge in [0.05, 0.1) is 6.54 Å². The Morgan fingerprint density at radius 1 is 1.00 bits per heavy atom. The molecule has 0 saturated heterocycles. The van der Waals surface area contributed by atoms with Gasteiger partial charge in [0.25, 0.3) is 5.91 Å². The predicted molar refractivity (Wildman–Crippen MR) is 101 cm³/mol. The fraction of sp³-hybridized carbons (Fsp3) is 0.368. The average molecular weight is 370 g/mol. The third-order valence-electron chi connectivity index (χ3n) is 4.30. The van der Waals surface area contributed by atoms with Gasteiger partial charge in [0.1, 0.15) is 0 Å². The van der Waals surface area contributed by atoms with E-state index in [9.17, 15) is 9.59 Å². The summed E-state index contributed by atoms with van der Waals surface area (Å²) in [5, 5.41) is 6.97. The summed E-state index contributed by atoms with van der Waals surface area (Å²) < 4.78 is 0. The third-order valence-corrected chi connectivity index (χ3v) is 5.53. The van der Waals surface area contributed by atoms with Gasteiger partial charge in [0.2, 0.25) is 5.91 Å². The summed E-state index contributed by atoms with van der Waals surface area (Å²) in [5.41, 5.74) is 0.556. The minimum Gasteiger partial charge on any atom is -0.352 e. The molecule has 2 N–H and O–H groups in total. The van der Waals surface area contributed by atoms with E-state index in [1.165, 1.54) is 0 Å². The first-order valence-electron chi connectivity index (χ1n) is 8.77. The Morgan fingerprint density at radius 3 is 2.38 bits per heavy atom. The van der Waals surface area contributed by atoms with E-state index in [1.54, 1.807) is 48.4 Å². The monoisotopic (exact) mass is 370 g/mol. The van der Waals surface area contributed by atoms with E-state index < -0.39 is 0 Å². The molecule has 1 aliphatic rings. The molecule has 1 aromatic heterocycles. The lowest BCUT2D eigenvalue weighted by molar-refractivity contribution is -0.121. The Balaban J connectivity index is 1.36. The van der Waals surface area contributed by atoms with Crippen LogP contribution >= 0.6 is 11.8 Å². The number of carbonyl (C=O) groups is 2. The van der Waals surface area contributed by atoms with Crippen molar-refractivity contribution >= 4 is 23.6 Å². The molecule has 1 aliphatic carbocycles. The summed E-state index contributed by atoms with van der Waals surface area (Å²) in [4.78, 5) is 32.5. The van der Waals surface area contributed by atoms with Gasteiger partial charge in [-0.2, -0.15) is 0 Å². The molecule has 0 bridgehead atoms. The summed E-state index contributed by atoms with van der Waals surface area (Å²) in [6, 6.07) is 10.9.